The summed E-state index contributed by atoms with van der Waals surface area (Å²) in [5.41, 5.74) is 1.09. The van der Waals surface area contributed by atoms with Crippen LogP contribution in [0.1, 0.15) is 31.4 Å². The summed E-state index contributed by atoms with van der Waals surface area (Å²) in [5, 5.41) is 3.64. The predicted molar refractivity (Wildman–Crippen MR) is 66.5 cm³/mol. The first kappa shape index (κ1) is 11.1. The highest BCUT2D eigenvalue weighted by atomic mass is 15.2. The number of piperidine rings is 1. The second-order valence-electron chi connectivity index (χ2n) is 5.30. The second-order valence-corrected chi connectivity index (χ2v) is 5.30. The molecule has 17 heavy (non-hydrogen) atoms. The molecule has 2 saturated heterocycles. The standard InChI is InChI=1S/C13H20N4/c1-17-12-2-3-13(17)7-11(6-12)15-8-10-4-5-14-9-16-10/h4-5,9,11-13,15H,2-3,6-8H2,1H3. The van der Waals surface area contributed by atoms with Crippen molar-refractivity contribution < 1.29 is 0 Å². The summed E-state index contributed by atoms with van der Waals surface area (Å²) in [6.45, 7) is 0.871. The van der Waals surface area contributed by atoms with E-state index in [1.165, 1.54) is 25.7 Å². The normalized spacial score (nSPS) is 32.9. The smallest absolute Gasteiger partial charge is 0.115 e. The van der Waals surface area contributed by atoms with Crippen LogP contribution < -0.4 is 5.32 Å². The van der Waals surface area contributed by atoms with Crippen LogP contribution in [0, 0.1) is 0 Å². The van der Waals surface area contributed by atoms with E-state index < -0.39 is 0 Å². The molecular weight excluding hydrogens is 212 g/mol. The largest absolute Gasteiger partial charge is 0.308 e. The third-order valence-electron chi connectivity index (χ3n) is 4.31. The van der Waals surface area contributed by atoms with Gasteiger partial charge in [0, 0.05) is 30.9 Å². The Morgan fingerprint density at radius 2 is 2.12 bits per heavy atom. The van der Waals surface area contributed by atoms with Crippen molar-refractivity contribution >= 4 is 0 Å². The zero-order chi connectivity index (χ0) is 11.7. The van der Waals surface area contributed by atoms with Gasteiger partial charge in [-0.2, -0.15) is 0 Å². The van der Waals surface area contributed by atoms with E-state index in [0.29, 0.717) is 6.04 Å². The quantitative estimate of drug-likeness (QED) is 0.850. The fourth-order valence-electron chi connectivity index (χ4n) is 3.25. The molecule has 1 N–H and O–H groups in total. The maximum absolute atomic E-state index is 4.25. The number of nitrogens with zero attached hydrogens (tertiary/aromatic N) is 3. The van der Waals surface area contributed by atoms with Crippen molar-refractivity contribution in [2.24, 2.45) is 0 Å². The number of hydrogen-bond donors (Lipinski definition) is 1. The van der Waals surface area contributed by atoms with Crippen molar-refractivity contribution in [1.29, 1.82) is 0 Å². The summed E-state index contributed by atoms with van der Waals surface area (Å²) in [7, 11) is 2.28. The first-order valence-electron chi connectivity index (χ1n) is 6.53. The molecule has 2 fully saturated rings. The molecule has 0 amide bonds. The van der Waals surface area contributed by atoms with Crippen LogP contribution in [-0.2, 0) is 6.54 Å². The summed E-state index contributed by atoms with van der Waals surface area (Å²) >= 11 is 0. The molecule has 4 nitrogen and oxygen atoms in total. The van der Waals surface area contributed by atoms with Crippen LogP contribution >= 0.6 is 0 Å². The highest BCUT2D eigenvalue weighted by Crippen LogP contribution is 2.34. The third kappa shape index (κ3) is 2.33. The average molecular weight is 232 g/mol. The van der Waals surface area contributed by atoms with Crippen molar-refractivity contribution in [3.8, 4) is 0 Å². The minimum Gasteiger partial charge on any atom is -0.308 e. The molecule has 1 aromatic heterocycles. The Balaban J connectivity index is 1.54. The van der Waals surface area contributed by atoms with Gasteiger partial charge in [0.05, 0.1) is 5.69 Å². The molecule has 0 spiro atoms. The van der Waals surface area contributed by atoms with E-state index in [1.807, 2.05) is 12.3 Å². The number of hydrogen-bond acceptors (Lipinski definition) is 4. The highest BCUT2D eigenvalue weighted by molar-refractivity contribution is 5.00. The fraction of sp³-hybridized carbons (Fsp3) is 0.692. The van der Waals surface area contributed by atoms with Crippen molar-refractivity contribution in [3.63, 3.8) is 0 Å². The van der Waals surface area contributed by atoms with Crippen molar-refractivity contribution in [3.05, 3.63) is 24.3 Å². The summed E-state index contributed by atoms with van der Waals surface area (Å²) < 4.78 is 0. The molecule has 0 radical (unpaired) electrons. The summed E-state index contributed by atoms with van der Waals surface area (Å²) in [6, 6.07) is 4.25. The van der Waals surface area contributed by atoms with E-state index in [4.69, 9.17) is 0 Å². The van der Waals surface area contributed by atoms with E-state index in [-0.39, 0.29) is 0 Å². The first-order valence-corrected chi connectivity index (χ1v) is 6.53. The van der Waals surface area contributed by atoms with Crippen LogP contribution in [0.3, 0.4) is 0 Å². The Kier molecular flexibility index (Phi) is 3.07. The molecule has 2 aliphatic rings. The number of aromatic nitrogens is 2. The lowest BCUT2D eigenvalue weighted by Gasteiger charge is -2.36. The van der Waals surface area contributed by atoms with E-state index in [9.17, 15) is 0 Å². The predicted octanol–water partition coefficient (Wildman–Crippen LogP) is 1.19. The molecule has 2 aliphatic heterocycles. The zero-order valence-corrected chi connectivity index (χ0v) is 10.3. The van der Waals surface area contributed by atoms with Gasteiger partial charge in [-0.15, -0.1) is 0 Å². The number of nitrogens with one attached hydrogen (secondary N) is 1. The number of rotatable bonds is 3. The van der Waals surface area contributed by atoms with Crippen molar-refractivity contribution in [1.82, 2.24) is 20.2 Å². The first-order chi connectivity index (χ1) is 8.33. The van der Waals surface area contributed by atoms with E-state index >= 15 is 0 Å². The van der Waals surface area contributed by atoms with Gasteiger partial charge in [0.1, 0.15) is 6.33 Å². The fourth-order valence-corrected chi connectivity index (χ4v) is 3.25. The Morgan fingerprint density at radius 3 is 2.76 bits per heavy atom. The molecule has 2 unspecified atom stereocenters. The monoisotopic (exact) mass is 232 g/mol. The van der Waals surface area contributed by atoms with Crippen LogP contribution in [-0.4, -0.2) is 40.0 Å². The minimum atomic E-state index is 0.665. The van der Waals surface area contributed by atoms with Crippen LogP contribution in [0.5, 0.6) is 0 Å². The molecule has 2 bridgehead atoms. The summed E-state index contributed by atoms with van der Waals surface area (Å²) in [6.07, 6.45) is 8.77. The average Bonchev–Trinajstić information content (AvgIpc) is 2.61. The van der Waals surface area contributed by atoms with Crippen LogP contribution in [0.4, 0.5) is 0 Å². The van der Waals surface area contributed by atoms with Crippen molar-refractivity contribution in [2.45, 2.75) is 50.4 Å². The van der Waals surface area contributed by atoms with Crippen LogP contribution in [0.2, 0.25) is 0 Å². The van der Waals surface area contributed by atoms with Gasteiger partial charge in [-0.1, -0.05) is 0 Å². The summed E-state index contributed by atoms with van der Waals surface area (Å²) in [5.74, 6) is 0. The molecule has 4 heteroatoms. The highest BCUT2D eigenvalue weighted by Gasteiger charge is 2.37. The molecule has 0 aromatic carbocycles. The molecule has 1 aromatic rings. The molecule has 3 heterocycles. The molecule has 2 atom stereocenters. The van der Waals surface area contributed by atoms with Gasteiger partial charge in [-0.05, 0) is 38.8 Å². The van der Waals surface area contributed by atoms with Gasteiger partial charge in [0.2, 0.25) is 0 Å². The Hall–Kier alpha value is -1.00. The molecule has 0 saturated carbocycles. The topological polar surface area (TPSA) is 41.0 Å². The van der Waals surface area contributed by atoms with Gasteiger partial charge in [-0.25, -0.2) is 9.97 Å². The van der Waals surface area contributed by atoms with Crippen LogP contribution in [0.15, 0.2) is 18.6 Å². The van der Waals surface area contributed by atoms with Gasteiger partial charge in [-0.3, -0.25) is 0 Å². The van der Waals surface area contributed by atoms with Gasteiger partial charge >= 0.3 is 0 Å². The maximum Gasteiger partial charge on any atom is 0.115 e. The molecule has 3 rings (SSSR count). The third-order valence-corrected chi connectivity index (χ3v) is 4.31. The van der Waals surface area contributed by atoms with Crippen LogP contribution in [0.25, 0.3) is 0 Å². The second kappa shape index (κ2) is 4.70. The summed E-state index contributed by atoms with van der Waals surface area (Å²) in [4.78, 5) is 10.8. The lowest BCUT2D eigenvalue weighted by atomic mass is 9.98. The number of fused-ring (bicyclic) bond motifs is 2. The van der Waals surface area contributed by atoms with E-state index in [2.05, 4.69) is 27.2 Å². The SMILES string of the molecule is CN1C2CCC1CC(NCc1ccncn1)C2. The van der Waals surface area contributed by atoms with Gasteiger partial charge < -0.3 is 10.2 Å². The Morgan fingerprint density at radius 1 is 1.35 bits per heavy atom. The molecule has 0 aliphatic carbocycles. The molecular formula is C13H20N4. The molecule has 92 valence electrons. The van der Waals surface area contributed by atoms with E-state index in [1.54, 1.807) is 6.33 Å². The van der Waals surface area contributed by atoms with Crippen molar-refractivity contribution in [2.75, 3.05) is 7.05 Å². The van der Waals surface area contributed by atoms with Gasteiger partial charge in [0.25, 0.3) is 0 Å². The zero-order valence-electron chi connectivity index (χ0n) is 10.3. The Labute approximate surface area is 102 Å². The van der Waals surface area contributed by atoms with Gasteiger partial charge in [0.15, 0.2) is 0 Å². The van der Waals surface area contributed by atoms with E-state index in [0.717, 1.165) is 24.3 Å². The Bertz CT molecular complexity index is 353. The lowest BCUT2D eigenvalue weighted by molar-refractivity contribution is 0.148. The lowest BCUT2D eigenvalue weighted by Crippen LogP contribution is -2.47. The minimum absolute atomic E-state index is 0.665. The maximum atomic E-state index is 4.25.